The lowest BCUT2D eigenvalue weighted by molar-refractivity contribution is -0.123. The van der Waals surface area contributed by atoms with Gasteiger partial charge >= 0.3 is 0 Å². The molecule has 6 heteroatoms. The van der Waals surface area contributed by atoms with E-state index in [1.807, 2.05) is 30.3 Å². The Kier molecular flexibility index (Phi) is 6.61. The molecule has 0 aliphatic carbocycles. The lowest BCUT2D eigenvalue weighted by Gasteiger charge is -2.21. The number of nitrogens with one attached hydrogen (secondary N) is 2. The summed E-state index contributed by atoms with van der Waals surface area (Å²) in [5.74, 6) is 0.483. The van der Waals surface area contributed by atoms with Crippen LogP contribution in [0.3, 0.4) is 0 Å². The molecular weight excluding hydrogens is 355 g/mol. The summed E-state index contributed by atoms with van der Waals surface area (Å²) in [6, 6.07) is 9.75. The number of anilines is 1. The van der Waals surface area contributed by atoms with E-state index < -0.39 is 0 Å². The van der Waals surface area contributed by atoms with Crippen LogP contribution in [0.5, 0.6) is 0 Å². The molecule has 0 aromatic heterocycles. The molecule has 1 aromatic rings. The summed E-state index contributed by atoms with van der Waals surface area (Å²) in [5, 5.41) is 5.91. The largest absolute Gasteiger partial charge is 0.370 e. The Balaban J connectivity index is 0.00000180. The van der Waals surface area contributed by atoms with Gasteiger partial charge in [0.15, 0.2) is 5.96 Å². The standard InChI is InChI=1S/C13H18N4O.HI/c14-13(17-10-5-2-1-3-6-10)15-9-11-7-4-8-12(18)16-11;/h1-3,5-6,11H,4,7-9H2,(H,16,18)(H3,14,15,17);1H. The molecule has 1 saturated heterocycles. The van der Waals surface area contributed by atoms with E-state index in [9.17, 15) is 4.79 Å². The predicted molar refractivity (Wildman–Crippen MR) is 87.8 cm³/mol. The zero-order valence-corrected chi connectivity index (χ0v) is 13.0. The molecule has 0 saturated carbocycles. The predicted octanol–water partition coefficient (Wildman–Crippen LogP) is 1.70. The van der Waals surface area contributed by atoms with Crippen LogP contribution < -0.4 is 16.4 Å². The number of rotatable bonds is 3. The quantitative estimate of drug-likeness (QED) is 0.428. The van der Waals surface area contributed by atoms with E-state index in [1.54, 1.807) is 0 Å². The van der Waals surface area contributed by atoms with Crippen molar-refractivity contribution < 1.29 is 4.79 Å². The topological polar surface area (TPSA) is 79.5 Å². The Labute approximate surface area is 130 Å². The van der Waals surface area contributed by atoms with Crippen molar-refractivity contribution in [3.05, 3.63) is 30.3 Å². The minimum Gasteiger partial charge on any atom is -0.370 e. The molecule has 2 rings (SSSR count). The molecule has 1 fully saturated rings. The second-order valence-electron chi connectivity index (χ2n) is 4.37. The van der Waals surface area contributed by atoms with E-state index in [1.165, 1.54) is 0 Å². The minimum absolute atomic E-state index is 0. The molecule has 1 heterocycles. The highest BCUT2D eigenvalue weighted by molar-refractivity contribution is 14.0. The van der Waals surface area contributed by atoms with Crippen LogP contribution in [0.25, 0.3) is 0 Å². The number of piperidine rings is 1. The third kappa shape index (κ3) is 5.46. The fourth-order valence-corrected chi connectivity index (χ4v) is 1.94. The molecule has 0 bridgehead atoms. The average molecular weight is 374 g/mol. The summed E-state index contributed by atoms with van der Waals surface area (Å²) in [5.41, 5.74) is 6.69. The Morgan fingerprint density at radius 2 is 2.16 bits per heavy atom. The lowest BCUT2D eigenvalue weighted by Crippen LogP contribution is -2.41. The Morgan fingerprint density at radius 1 is 1.42 bits per heavy atom. The number of halogens is 1. The van der Waals surface area contributed by atoms with Gasteiger partial charge in [0, 0.05) is 18.2 Å². The number of hydrogen-bond donors (Lipinski definition) is 3. The molecule has 1 aliphatic rings. The molecule has 1 aliphatic heterocycles. The van der Waals surface area contributed by atoms with Crippen molar-refractivity contribution in [2.45, 2.75) is 25.3 Å². The van der Waals surface area contributed by atoms with Gasteiger partial charge in [0.05, 0.1) is 6.54 Å². The number of guanidine groups is 1. The van der Waals surface area contributed by atoms with E-state index in [-0.39, 0.29) is 35.9 Å². The van der Waals surface area contributed by atoms with E-state index in [0.29, 0.717) is 18.9 Å². The van der Waals surface area contributed by atoms with Crippen LogP contribution in [0.4, 0.5) is 5.69 Å². The zero-order chi connectivity index (χ0) is 12.8. The highest BCUT2D eigenvalue weighted by atomic mass is 127. The first-order chi connectivity index (χ1) is 8.74. The van der Waals surface area contributed by atoms with E-state index >= 15 is 0 Å². The van der Waals surface area contributed by atoms with Crippen molar-refractivity contribution >= 4 is 41.5 Å². The van der Waals surface area contributed by atoms with Gasteiger partial charge in [-0.3, -0.25) is 9.79 Å². The average Bonchev–Trinajstić information content (AvgIpc) is 2.38. The molecule has 1 aromatic carbocycles. The molecule has 4 N–H and O–H groups in total. The normalized spacial score (nSPS) is 19.3. The third-order valence-electron chi connectivity index (χ3n) is 2.85. The SMILES string of the molecule is I.NC(=NCC1CCCC(=O)N1)Nc1ccccc1. The number of para-hydroxylation sites is 1. The maximum absolute atomic E-state index is 11.2. The molecular formula is C13H19IN4O. The van der Waals surface area contributed by atoms with Crippen molar-refractivity contribution in [3.8, 4) is 0 Å². The summed E-state index contributed by atoms with van der Waals surface area (Å²) in [6.45, 7) is 0.525. The molecule has 0 spiro atoms. The van der Waals surface area contributed by atoms with E-state index in [4.69, 9.17) is 5.73 Å². The first kappa shape index (κ1) is 15.7. The number of nitrogens with two attached hydrogens (primary N) is 1. The first-order valence-corrected chi connectivity index (χ1v) is 6.15. The van der Waals surface area contributed by atoms with Gasteiger partial charge < -0.3 is 16.4 Å². The van der Waals surface area contributed by atoms with Crippen molar-refractivity contribution in [1.82, 2.24) is 5.32 Å². The Hall–Kier alpha value is -1.31. The van der Waals surface area contributed by atoms with Crippen LogP contribution in [0.2, 0.25) is 0 Å². The minimum atomic E-state index is 0. The number of carbonyl (C=O) groups is 1. The van der Waals surface area contributed by atoms with Gasteiger partial charge in [0.25, 0.3) is 0 Å². The van der Waals surface area contributed by atoms with Gasteiger partial charge in [-0.25, -0.2) is 0 Å². The number of benzene rings is 1. The van der Waals surface area contributed by atoms with Crippen molar-refractivity contribution in [3.63, 3.8) is 0 Å². The molecule has 0 radical (unpaired) electrons. The maximum atomic E-state index is 11.2. The molecule has 1 atom stereocenters. The summed E-state index contributed by atoms with van der Waals surface area (Å²) in [6.07, 6.45) is 2.52. The first-order valence-electron chi connectivity index (χ1n) is 6.15. The molecule has 5 nitrogen and oxygen atoms in total. The second-order valence-corrected chi connectivity index (χ2v) is 4.37. The Morgan fingerprint density at radius 3 is 2.84 bits per heavy atom. The summed E-state index contributed by atoms with van der Waals surface area (Å²) >= 11 is 0. The van der Waals surface area contributed by atoms with Crippen molar-refractivity contribution in [2.24, 2.45) is 10.7 Å². The monoisotopic (exact) mass is 374 g/mol. The highest BCUT2D eigenvalue weighted by Gasteiger charge is 2.17. The number of hydrogen-bond acceptors (Lipinski definition) is 2. The number of nitrogens with zero attached hydrogens (tertiary/aromatic N) is 1. The van der Waals surface area contributed by atoms with Crippen LogP contribution in [-0.4, -0.2) is 24.5 Å². The van der Waals surface area contributed by atoms with Gasteiger partial charge in [-0.05, 0) is 25.0 Å². The number of amides is 1. The van der Waals surface area contributed by atoms with Crippen LogP contribution in [0.15, 0.2) is 35.3 Å². The van der Waals surface area contributed by atoms with Crippen LogP contribution in [-0.2, 0) is 4.79 Å². The van der Waals surface area contributed by atoms with Gasteiger partial charge in [-0.15, -0.1) is 24.0 Å². The van der Waals surface area contributed by atoms with Gasteiger partial charge in [0.1, 0.15) is 0 Å². The van der Waals surface area contributed by atoms with E-state index in [2.05, 4.69) is 15.6 Å². The molecule has 104 valence electrons. The van der Waals surface area contributed by atoms with Crippen LogP contribution in [0.1, 0.15) is 19.3 Å². The van der Waals surface area contributed by atoms with Gasteiger partial charge in [-0.1, -0.05) is 18.2 Å². The molecule has 1 amide bonds. The van der Waals surface area contributed by atoms with Gasteiger partial charge in [0.2, 0.25) is 5.91 Å². The molecule has 19 heavy (non-hydrogen) atoms. The highest BCUT2D eigenvalue weighted by Crippen LogP contribution is 2.08. The van der Waals surface area contributed by atoms with Crippen LogP contribution in [0, 0.1) is 0 Å². The third-order valence-corrected chi connectivity index (χ3v) is 2.85. The summed E-state index contributed by atoms with van der Waals surface area (Å²) < 4.78 is 0. The van der Waals surface area contributed by atoms with Crippen LogP contribution >= 0.6 is 24.0 Å². The van der Waals surface area contributed by atoms with E-state index in [0.717, 1.165) is 18.5 Å². The fraction of sp³-hybridized carbons (Fsp3) is 0.385. The van der Waals surface area contributed by atoms with Gasteiger partial charge in [-0.2, -0.15) is 0 Å². The smallest absolute Gasteiger partial charge is 0.220 e. The number of carbonyl (C=O) groups excluding carboxylic acids is 1. The Bertz CT molecular complexity index is 436. The summed E-state index contributed by atoms with van der Waals surface area (Å²) in [7, 11) is 0. The summed E-state index contributed by atoms with van der Waals surface area (Å²) in [4.78, 5) is 15.4. The number of aliphatic imine (C=N–C) groups is 1. The molecule has 1 unspecified atom stereocenters. The van der Waals surface area contributed by atoms with Crippen molar-refractivity contribution in [2.75, 3.05) is 11.9 Å². The lowest BCUT2D eigenvalue weighted by atomic mass is 10.0. The fourth-order valence-electron chi connectivity index (χ4n) is 1.94. The second kappa shape index (κ2) is 7.98. The van der Waals surface area contributed by atoms with Crippen molar-refractivity contribution in [1.29, 1.82) is 0 Å². The zero-order valence-electron chi connectivity index (χ0n) is 10.6. The maximum Gasteiger partial charge on any atom is 0.220 e.